The van der Waals surface area contributed by atoms with Crippen LogP contribution in [0.2, 0.25) is 0 Å². The van der Waals surface area contributed by atoms with Gasteiger partial charge in [0, 0.05) is 5.92 Å². The Morgan fingerprint density at radius 2 is 1.89 bits per heavy atom. The van der Waals surface area contributed by atoms with Gasteiger partial charge < -0.3 is 0 Å². The summed E-state index contributed by atoms with van der Waals surface area (Å²) < 4.78 is 28.0. The molecule has 1 aliphatic rings. The van der Waals surface area contributed by atoms with Crippen molar-refractivity contribution >= 4 is 0 Å². The normalized spacial score (nSPS) is 23.4. The summed E-state index contributed by atoms with van der Waals surface area (Å²) in [4.78, 5) is 0. The van der Waals surface area contributed by atoms with E-state index in [4.69, 9.17) is 0 Å². The van der Waals surface area contributed by atoms with Crippen molar-refractivity contribution < 1.29 is 8.78 Å². The molecule has 0 N–H and O–H groups in total. The molecule has 0 bridgehead atoms. The van der Waals surface area contributed by atoms with E-state index >= 15 is 0 Å². The lowest BCUT2D eigenvalue weighted by atomic mass is 9.86. The molecule has 0 amide bonds. The lowest BCUT2D eigenvalue weighted by molar-refractivity contribution is -0.0151. The summed E-state index contributed by atoms with van der Waals surface area (Å²) in [5, 5.41) is 0. The zero-order valence-corrected chi connectivity index (χ0v) is 10.8. The topological polar surface area (TPSA) is 0 Å². The molecule has 1 atom stereocenters. The average Bonchev–Trinajstić information content (AvgIpc) is 2.32. The first-order chi connectivity index (χ1) is 8.58. The van der Waals surface area contributed by atoms with Gasteiger partial charge in [-0.25, -0.2) is 8.78 Å². The van der Waals surface area contributed by atoms with E-state index in [0.29, 0.717) is 12.8 Å². The molecule has 2 heteroatoms. The summed E-state index contributed by atoms with van der Waals surface area (Å²) >= 11 is 0. The zero-order chi connectivity index (χ0) is 13.0. The number of benzene rings is 1. The first kappa shape index (κ1) is 13.3. The quantitative estimate of drug-likeness (QED) is 0.653. The largest absolute Gasteiger partial charge is 0.269 e. The molecular formula is C16H20F2. The molecule has 98 valence electrons. The number of allylic oxidation sites excluding steroid dienone is 2. The van der Waals surface area contributed by atoms with Crippen LogP contribution in [0, 0.1) is 12.8 Å². The van der Waals surface area contributed by atoms with Gasteiger partial charge in [-0.2, -0.15) is 0 Å². The van der Waals surface area contributed by atoms with Gasteiger partial charge in [0.05, 0.1) is 0 Å². The Balaban J connectivity index is 2.12. The molecule has 1 aliphatic carbocycles. The first-order valence-corrected chi connectivity index (χ1v) is 6.69. The molecular weight excluding hydrogens is 230 g/mol. The Labute approximate surface area is 108 Å². The van der Waals surface area contributed by atoms with Gasteiger partial charge in [-0.3, -0.25) is 0 Å². The van der Waals surface area contributed by atoms with E-state index in [1.807, 2.05) is 31.2 Å². The minimum atomic E-state index is -2.66. The molecule has 0 heterocycles. The Kier molecular flexibility index (Phi) is 4.15. The second-order valence-corrected chi connectivity index (χ2v) is 5.25. The molecule has 2 rings (SSSR count). The van der Waals surface area contributed by atoms with Gasteiger partial charge in [0.2, 0.25) is 0 Å². The van der Waals surface area contributed by atoms with Gasteiger partial charge in [-0.15, -0.1) is 0 Å². The molecule has 0 fully saturated rings. The molecule has 1 aromatic carbocycles. The number of rotatable bonds is 2. The van der Waals surface area contributed by atoms with Gasteiger partial charge in [-0.1, -0.05) is 42.3 Å². The molecule has 0 saturated carbocycles. The molecule has 0 aliphatic heterocycles. The van der Waals surface area contributed by atoms with E-state index in [2.05, 4.69) is 0 Å². The van der Waals surface area contributed by atoms with Gasteiger partial charge in [0.15, 0.2) is 0 Å². The van der Waals surface area contributed by atoms with Crippen molar-refractivity contribution in [2.45, 2.75) is 45.0 Å². The Morgan fingerprint density at radius 3 is 2.61 bits per heavy atom. The summed E-state index contributed by atoms with van der Waals surface area (Å²) in [5.74, 6) is -3.22. The van der Waals surface area contributed by atoms with Crippen molar-refractivity contribution in [3.05, 3.63) is 47.5 Å². The van der Waals surface area contributed by atoms with Crippen molar-refractivity contribution in [2.75, 3.05) is 0 Å². The molecule has 1 unspecified atom stereocenters. The van der Waals surface area contributed by atoms with Crippen LogP contribution in [0.1, 0.15) is 36.8 Å². The predicted octanol–water partition coefficient (Wildman–Crippen LogP) is 4.92. The third-order valence-electron chi connectivity index (χ3n) is 3.66. The first-order valence-electron chi connectivity index (χ1n) is 6.69. The van der Waals surface area contributed by atoms with Crippen LogP contribution in [-0.2, 0) is 6.42 Å². The molecule has 0 spiro atoms. The fourth-order valence-electron chi connectivity index (χ4n) is 2.47. The van der Waals surface area contributed by atoms with Crippen molar-refractivity contribution in [3.63, 3.8) is 0 Å². The zero-order valence-electron chi connectivity index (χ0n) is 10.8. The molecule has 0 radical (unpaired) electrons. The number of hydrogen-bond acceptors (Lipinski definition) is 0. The maximum Gasteiger partial charge on any atom is 0.269 e. The third kappa shape index (κ3) is 3.41. The number of aryl methyl sites for hydroxylation is 1. The van der Waals surface area contributed by atoms with Crippen molar-refractivity contribution in [1.82, 2.24) is 0 Å². The molecule has 1 aromatic rings. The van der Waals surface area contributed by atoms with E-state index < -0.39 is 11.8 Å². The van der Waals surface area contributed by atoms with Crippen molar-refractivity contribution in [2.24, 2.45) is 5.92 Å². The Hall–Kier alpha value is -1.18. The second kappa shape index (κ2) is 5.64. The summed E-state index contributed by atoms with van der Waals surface area (Å²) in [6.07, 6.45) is 6.55. The van der Waals surface area contributed by atoms with E-state index in [-0.39, 0.29) is 0 Å². The number of halogens is 2. The predicted molar refractivity (Wildman–Crippen MR) is 70.9 cm³/mol. The smallest absolute Gasteiger partial charge is 0.202 e. The highest BCUT2D eigenvalue weighted by Crippen LogP contribution is 2.35. The standard InChI is InChI=1S/C16H20F2/c1-13-7-9-14(10-8-13)12-15-6-4-2-3-5-11-16(15,17)18/h5,7-11,15H,2-4,6,12H2,1H3. The highest BCUT2D eigenvalue weighted by Gasteiger charge is 2.36. The third-order valence-corrected chi connectivity index (χ3v) is 3.66. The summed E-state index contributed by atoms with van der Waals surface area (Å²) in [7, 11) is 0. The molecule has 0 aromatic heterocycles. The monoisotopic (exact) mass is 250 g/mol. The highest BCUT2D eigenvalue weighted by atomic mass is 19.3. The van der Waals surface area contributed by atoms with Crippen molar-refractivity contribution in [1.29, 1.82) is 0 Å². The highest BCUT2D eigenvalue weighted by molar-refractivity contribution is 5.22. The second-order valence-electron chi connectivity index (χ2n) is 5.25. The van der Waals surface area contributed by atoms with E-state index in [1.165, 1.54) is 5.56 Å². The van der Waals surface area contributed by atoms with Crippen molar-refractivity contribution in [3.8, 4) is 0 Å². The Bertz CT molecular complexity index is 404. The number of hydrogen-bond donors (Lipinski definition) is 0. The van der Waals surface area contributed by atoms with Crippen LogP contribution in [-0.4, -0.2) is 5.92 Å². The van der Waals surface area contributed by atoms with E-state index in [9.17, 15) is 8.78 Å². The fraction of sp³-hybridized carbons (Fsp3) is 0.500. The lowest BCUT2D eigenvalue weighted by Gasteiger charge is -2.26. The molecule has 0 nitrogen and oxygen atoms in total. The summed E-state index contributed by atoms with van der Waals surface area (Å²) in [6, 6.07) is 7.92. The fourth-order valence-corrected chi connectivity index (χ4v) is 2.47. The Morgan fingerprint density at radius 1 is 1.17 bits per heavy atom. The average molecular weight is 250 g/mol. The van der Waals surface area contributed by atoms with Crippen LogP contribution in [0.5, 0.6) is 0 Å². The molecule has 18 heavy (non-hydrogen) atoms. The molecule has 0 saturated heterocycles. The SMILES string of the molecule is Cc1ccc(CC2CCCCC=CC2(F)F)cc1. The van der Waals surface area contributed by atoms with E-state index in [0.717, 1.165) is 30.9 Å². The summed E-state index contributed by atoms with van der Waals surface area (Å²) in [6.45, 7) is 2.01. The maximum absolute atomic E-state index is 14.0. The minimum absolute atomic E-state index is 0.470. The van der Waals surface area contributed by atoms with Gasteiger partial charge >= 0.3 is 0 Å². The number of alkyl halides is 2. The lowest BCUT2D eigenvalue weighted by Crippen LogP contribution is -2.28. The van der Waals surface area contributed by atoms with Crippen LogP contribution in [0.15, 0.2) is 36.4 Å². The van der Waals surface area contributed by atoms with Crippen LogP contribution in [0.3, 0.4) is 0 Å². The van der Waals surface area contributed by atoms with Gasteiger partial charge in [0.25, 0.3) is 5.92 Å². The van der Waals surface area contributed by atoms with Gasteiger partial charge in [0.1, 0.15) is 0 Å². The van der Waals surface area contributed by atoms with Crippen LogP contribution >= 0.6 is 0 Å². The maximum atomic E-state index is 14.0. The van der Waals surface area contributed by atoms with Crippen LogP contribution < -0.4 is 0 Å². The van der Waals surface area contributed by atoms with Crippen LogP contribution in [0.25, 0.3) is 0 Å². The summed E-state index contributed by atoms with van der Waals surface area (Å²) in [5.41, 5.74) is 2.18. The van der Waals surface area contributed by atoms with Crippen LogP contribution in [0.4, 0.5) is 8.78 Å². The van der Waals surface area contributed by atoms with E-state index in [1.54, 1.807) is 6.08 Å². The minimum Gasteiger partial charge on any atom is -0.202 e. The van der Waals surface area contributed by atoms with Gasteiger partial charge in [-0.05, 0) is 44.2 Å².